The predicted molar refractivity (Wildman–Crippen MR) is 85.5 cm³/mol. The Morgan fingerprint density at radius 3 is 2.55 bits per heavy atom. The van der Waals surface area contributed by atoms with Gasteiger partial charge in [0.1, 0.15) is 10.7 Å². The van der Waals surface area contributed by atoms with Gasteiger partial charge in [-0.25, -0.2) is 13.4 Å². The topological polar surface area (TPSA) is 88.2 Å². The van der Waals surface area contributed by atoms with Gasteiger partial charge in [-0.3, -0.25) is 4.79 Å². The maximum Gasteiger partial charge on any atom is 0.226 e. The number of carbonyl (C=O) groups is 1. The van der Waals surface area contributed by atoms with Crippen molar-refractivity contribution >= 4 is 27.2 Å². The highest BCUT2D eigenvalue weighted by Crippen LogP contribution is 2.17. The van der Waals surface area contributed by atoms with Gasteiger partial charge in [-0.15, -0.1) is 0 Å². The molecule has 0 unspecified atom stereocenters. The Balaban J connectivity index is 1.91. The van der Waals surface area contributed by atoms with E-state index in [2.05, 4.69) is 15.6 Å². The molecule has 2 rings (SSSR count). The lowest BCUT2D eigenvalue weighted by molar-refractivity contribution is -0.115. The van der Waals surface area contributed by atoms with Crippen LogP contribution in [0.25, 0.3) is 0 Å². The smallest absolute Gasteiger partial charge is 0.226 e. The van der Waals surface area contributed by atoms with Crippen molar-refractivity contribution in [3.8, 4) is 0 Å². The monoisotopic (exact) mass is 319 g/mol. The van der Waals surface area contributed by atoms with Gasteiger partial charge in [0.2, 0.25) is 5.91 Å². The quantitative estimate of drug-likeness (QED) is 0.849. The van der Waals surface area contributed by atoms with E-state index in [4.69, 9.17) is 0 Å². The average Bonchev–Trinajstić information content (AvgIpc) is 2.48. The molecule has 2 N–H and O–H groups in total. The number of sulfone groups is 1. The Bertz CT molecular complexity index is 746. The van der Waals surface area contributed by atoms with Gasteiger partial charge in [0.05, 0.1) is 0 Å². The third-order valence-electron chi connectivity index (χ3n) is 2.87. The van der Waals surface area contributed by atoms with Crippen LogP contribution in [0.3, 0.4) is 0 Å². The number of pyridine rings is 1. The lowest BCUT2D eigenvalue weighted by Crippen LogP contribution is -2.17. The number of para-hydroxylation sites is 1. The first kappa shape index (κ1) is 16.0. The van der Waals surface area contributed by atoms with E-state index < -0.39 is 9.84 Å². The number of amides is 1. The van der Waals surface area contributed by atoms with Crippen molar-refractivity contribution in [1.29, 1.82) is 0 Å². The fourth-order valence-corrected chi connectivity index (χ4v) is 2.66. The fraction of sp³-hybridized carbons (Fsp3) is 0.200. The number of carbonyl (C=O) groups excluding carboxylic acids is 1. The second-order valence-corrected chi connectivity index (χ2v) is 6.70. The van der Waals surface area contributed by atoms with Crippen LogP contribution in [0.2, 0.25) is 0 Å². The molecule has 0 aliphatic heterocycles. The van der Waals surface area contributed by atoms with Crippen molar-refractivity contribution in [2.75, 3.05) is 23.4 Å². The molecule has 1 aromatic heterocycles. The molecule has 1 heterocycles. The van der Waals surface area contributed by atoms with Crippen molar-refractivity contribution in [3.05, 3.63) is 48.7 Å². The molecule has 0 spiro atoms. The zero-order valence-corrected chi connectivity index (χ0v) is 12.9. The summed E-state index contributed by atoms with van der Waals surface area (Å²) in [4.78, 5) is 15.9. The summed E-state index contributed by atoms with van der Waals surface area (Å²) in [5.74, 6) is 0.105. The van der Waals surface area contributed by atoms with Gasteiger partial charge in [0.25, 0.3) is 0 Å². The summed E-state index contributed by atoms with van der Waals surface area (Å²) in [5, 5.41) is 5.64. The highest BCUT2D eigenvalue weighted by atomic mass is 32.2. The van der Waals surface area contributed by atoms with Crippen molar-refractivity contribution in [3.63, 3.8) is 0 Å². The Kier molecular flexibility index (Phi) is 5.11. The van der Waals surface area contributed by atoms with E-state index in [9.17, 15) is 13.2 Å². The Morgan fingerprint density at radius 2 is 1.86 bits per heavy atom. The standard InChI is InChI=1S/C15H17N3O3S/c1-22(20,21)13-8-5-10-16-15(13)17-11-9-14(19)18-12-6-3-2-4-7-12/h2-8,10H,9,11H2,1H3,(H,16,17)(H,18,19). The minimum atomic E-state index is -3.36. The second-order valence-electron chi connectivity index (χ2n) is 4.71. The molecule has 0 saturated heterocycles. The number of aromatic nitrogens is 1. The third kappa shape index (κ3) is 4.56. The van der Waals surface area contributed by atoms with Crippen molar-refractivity contribution in [2.45, 2.75) is 11.3 Å². The van der Waals surface area contributed by atoms with E-state index in [0.717, 1.165) is 11.9 Å². The van der Waals surface area contributed by atoms with E-state index in [-0.39, 0.29) is 29.6 Å². The SMILES string of the molecule is CS(=O)(=O)c1cccnc1NCCC(=O)Nc1ccccc1. The summed E-state index contributed by atoms with van der Waals surface area (Å²) in [6.07, 6.45) is 2.83. The van der Waals surface area contributed by atoms with E-state index in [1.807, 2.05) is 18.2 Å². The van der Waals surface area contributed by atoms with Gasteiger partial charge >= 0.3 is 0 Å². The molecule has 0 aliphatic rings. The fourth-order valence-electron chi connectivity index (χ4n) is 1.86. The van der Waals surface area contributed by atoms with Crippen LogP contribution in [0.15, 0.2) is 53.6 Å². The molecular weight excluding hydrogens is 302 g/mol. The molecule has 1 amide bonds. The summed E-state index contributed by atoms with van der Waals surface area (Å²) < 4.78 is 23.3. The first-order valence-electron chi connectivity index (χ1n) is 6.70. The van der Waals surface area contributed by atoms with Crippen LogP contribution in [0, 0.1) is 0 Å². The van der Waals surface area contributed by atoms with Crippen molar-refractivity contribution in [1.82, 2.24) is 4.98 Å². The minimum absolute atomic E-state index is 0.124. The predicted octanol–water partition coefficient (Wildman–Crippen LogP) is 1.93. The van der Waals surface area contributed by atoms with Crippen LogP contribution >= 0.6 is 0 Å². The normalized spacial score (nSPS) is 11.0. The molecule has 0 fully saturated rings. The molecule has 1 aromatic carbocycles. The first-order chi connectivity index (χ1) is 10.5. The molecule has 0 atom stereocenters. The molecule has 7 heteroatoms. The summed E-state index contributed by atoms with van der Waals surface area (Å²) in [6, 6.07) is 12.2. The van der Waals surface area contributed by atoms with Gasteiger partial charge in [-0.1, -0.05) is 18.2 Å². The number of nitrogens with zero attached hydrogens (tertiary/aromatic N) is 1. The number of rotatable bonds is 6. The lowest BCUT2D eigenvalue weighted by atomic mass is 10.3. The van der Waals surface area contributed by atoms with Gasteiger partial charge < -0.3 is 10.6 Å². The molecule has 2 aromatic rings. The second kappa shape index (κ2) is 7.04. The molecule has 0 saturated carbocycles. The summed E-state index contributed by atoms with van der Waals surface area (Å²) in [6.45, 7) is 0.290. The van der Waals surface area contributed by atoms with E-state index in [1.165, 1.54) is 12.3 Å². The summed E-state index contributed by atoms with van der Waals surface area (Å²) in [5.41, 5.74) is 0.724. The highest BCUT2D eigenvalue weighted by Gasteiger charge is 2.13. The van der Waals surface area contributed by atoms with Gasteiger partial charge in [-0.2, -0.15) is 0 Å². The van der Waals surface area contributed by atoms with E-state index in [1.54, 1.807) is 18.2 Å². The molecule has 116 valence electrons. The molecular formula is C15H17N3O3S. The minimum Gasteiger partial charge on any atom is -0.368 e. The third-order valence-corrected chi connectivity index (χ3v) is 4.00. The molecule has 0 radical (unpaired) electrons. The maximum atomic E-state index is 11.8. The van der Waals surface area contributed by atoms with Crippen LogP contribution in [0.5, 0.6) is 0 Å². The Labute approximate surface area is 129 Å². The largest absolute Gasteiger partial charge is 0.368 e. The average molecular weight is 319 g/mol. The van der Waals surface area contributed by atoms with Gasteiger partial charge in [0.15, 0.2) is 9.84 Å². The number of hydrogen-bond acceptors (Lipinski definition) is 5. The zero-order chi connectivity index (χ0) is 16.0. The molecule has 22 heavy (non-hydrogen) atoms. The van der Waals surface area contributed by atoms with Crippen molar-refractivity contribution in [2.24, 2.45) is 0 Å². The first-order valence-corrected chi connectivity index (χ1v) is 8.60. The van der Waals surface area contributed by atoms with Gasteiger partial charge in [0, 0.05) is 31.1 Å². The number of benzene rings is 1. The number of anilines is 2. The molecule has 6 nitrogen and oxygen atoms in total. The zero-order valence-electron chi connectivity index (χ0n) is 12.1. The summed E-state index contributed by atoms with van der Waals surface area (Å²) in [7, 11) is -3.36. The highest BCUT2D eigenvalue weighted by molar-refractivity contribution is 7.90. The Morgan fingerprint density at radius 1 is 1.14 bits per heavy atom. The van der Waals surface area contributed by atoms with Crippen LogP contribution in [-0.4, -0.2) is 32.1 Å². The number of nitrogens with one attached hydrogen (secondary N) is 2. The van der Waals surface area contributed by atoms with Gasteiger partial charge in [-0.05, 0) is 24.3 Å². The maximum absolute atomic E-state index is 11.8. The van der Waals surface area contributed by atoms with Crippen LogP contribution < -0.4 is 10.6 Å². The van der Waals surface area contributed by atoms with E-state index >= 15 is 0 Å². The van der Waals surface area contributed by atoms with Crippen LogP contribution in [0.1, 0.15) is 6.42 Å². The Hall–Kier alpha value is -2.41. The van der Waals surface area contributed by atoms with Crippen LogP contribution in [-0.2, 0) is 14.6 Å². The summed E-state index contributed by atoms with van der Waals surface area (Å²) >= 11 is 0. The van der Waals surface area contributed by atoms with Crippen molar-refractivity contribution < 1.29 is 13.2 Å². The van der Waals surface area contributed by atoms with Crippen LogP contribution in [0.4, 0.5) is 11.5 Å². The number of hydrogen-bond donors (Lipinski definition) is 2. The molecule has 0 aliphatic carbocycles. The molecule has 0 bridgehead atoms. The van der Waals surface area contributed by atoms with E-state index in [0.29, 0.717) is 0 Å². The lowest BCUT2D eigenvalue weighted by Gasteiger charge is -2.09.